The highest BCUT2D eigenvalue weighted by Gasteiger charge is 2.51. The molecular formula is C32H40N4O4. The average molecular weight is 545 g/mol. The van der Waals surface area contributed by atoms with E-state index < -0.39 is 18.0 Å². The van der Waals surface area contributed by atoms with Crippen LogP contribution in [0.25, 0.3) is 0 Å². The summed E-state index contributed by atoms with van der Waals surface area (Å²) in [7, 11) is 0. The maximum atomic E-state index is 14.3. The van der Waals surface area contributed by atoms with E-state index in [-0.39, 0.29) is 24.5 Å². The fourth-order valence-corrected chi connectivity index (χ4v) is 8.50. The monoisotopic (exact) mass is 544 g/mol. The Labute approximate surface area is 236 Å². The van der Waals surface area contributed by atoms with E-state index in [4.69, 9.17) is 5.73 Å². The van der Waals surface area contributed by atoms with E-state index in [2.05, 4.69) is 0 Å². The van der Waals surface area contributed by atoms with Crippen molar-refractivity contribution in [3.05, 3.63) is 65.7 Å². The number of rotatable bonds is 6. The molecule has 4 saturated carbocycles. The molecule has 1 saturated heterocycles. The highest BCUT2D eigenvalue weighted by Crippen LogP contribution is 2.55. The van der Waals surface area contributed by atoms with Crippen molar-refractivity contribution in [1.29, 1.82) is 0 Å². The molecule has 5 fully saturated rings. The summed E-state index contributed by atoms with van der Waals surface area (Å²) in [5.41, 5.74) is 8.32. The first-order valence-electron chi connectivity index (χ1n) is 14.8. The van der Waals surface area contributed by atoms with Gasteiger partial charge in [-0.1, -0.05) is 42.5 Å². The minimum Gasteiger partial charge on any atom is -0.351 e. The van der Waals surface area contributed by atoms with Gasteiger partial charge in [-0.3, -0.25) is 19.7 Å². The molecule has 2 aromatic rings. The number of primary amides is 1. The molecule has 212 valence electrons. The molecule has 0 aromatic heterocycles. The third-order valence-corrected chi connectivity index (χ3v) is 9.93. The zero-order valence-electron chi connectivity index (χ0n) is 23.2. The number of benzene rings is 2. The number of nitrogens with zero attached hydrogens (tertiary/aromatic N) is 3. The number of hydrogen-bond acceptors (Lipinski definition) is 4. The van der Waals surface area contributed by atoms with E-state index in [0.29, 0.717) is 36.8 Å². The SMILES string of the molecule is Cc1cccc(N(C(N)=O)C2CCCC(c3ccccc3)N(CC(=O)N(O)C3C4CC5CC(C4)CC3C5)C2=O)c1. The Morgan fingerprint density at radius 2 is 1.62 bits per heavy atom. The molecule has 2 atom stereocenters. The van der Waals surface area contributed by atoms with Gasteiger partial charge in [0.05, 0.1) is 12.1 Å². The lowest BCUT2D eigenvalue weighted by atomic mass is 9.54. The molecule has 0 radical (unpaired) electrons. The van der Waals surface area contributed by atoms with Gasteiger partial charge >= 0.3 is 6.03 Å². The number of hydroxylamine groups is 2. The molecule has 8 nitrogen and oxygen atoms in total. The van der Waals surface area contributed by atoms with Gasteiger partial charge in [0.15, 0.2) is 0 Å². The Morgan fingerprint density at radius 1 is 0.950 bits per heavy atom. The van der Waals surface area contributed by atoms with Crippen LogP contribution in [0.1, 0.15) is 68.5 Å². The first-order valence-corrected chi connectivity index (χ1v) is 14.8. The molecule has 4 aliphatic carbocycles. The topological polar surface area (TPSA) is 107 Å². The normalized spacial score (nSPS) is 31.1. The Morgan fingerprint density at radius 3 is 2.25 bits per heavy atom. The number of amides is 4. The summed E-state index contributed by atoms with van der Waals surface area (Å²) < 4.78 is 0. The summed E-state index contributed by atoms with van der Waals surface area (Å²) >= 11 is 0. The largest absolute Gasteiger partial charge is 0.351 e. The number of anilines is 1. The third-order valence-electron chi connectivity index (χ3n) is 9.93. The number of hydrogen-bond donors (Lipinski definition) is 2. The van der Waals surface area contributed by atoms with E-state index >= 15 is 0 Å². The van der Waals surface area contributed by atoms with Gasteiger partial charge in [0.1, 0.15) is 12.6 Å². The van der Waals surface area contributed by atoms with E-state index in [1.54, 1.807) is 11.0 Å². The van der Waals surface area contributed by atoms with Gasteiger partial charge in [-0.2, -0.15) is 0 Å². The van der Waals surface area contributed by atoms with Crippen LogP contribution in [-0.2, 0) is 9.59 Å². The molecule has 4 amide bonds. The minimum absolute atomic E-state index is 0.178. The van der Waals surface area contributed by atoms with Crippen LogP contribution in [0.3, 0.4) is 0 Å². The van der Waals surface area contributed by atoms with Crippen LogP contribution < -0.4 is 10.6 Å². The molecule has 2 aromatic carbocycles. The molecular weight excluding hydrogens is 504 g/mol. The number of carbonyl (C=O) groups is 3. The summed E-state index contributed by atoms with van der Waals surface area (Å²) in [5.74, 6) is 1.33. The zero-order chi connectivity index (χ0) is 28.0. The van der Waals surface area contributed by atoms with Crippen LogP contribution in [0.2, 0.25) is 0 Å². The number of nitrogens with two attached hydrogens (primary N) is 1. The predicted octanol–water partition coefficient (Wildman–Crippen LogP) is 5.05. The van der Waals surface area contributed by atoms with E-state index in [0.717, 1.165) is 53.7 Å². The van der Waals surface area contributed by atoms with Gasteiger partial charge in [0.25, 0.3) is 5.91 Å². The molecule has 0 spiro atoms. The quantitative estimate of drug-likeness (QED) is 0.392. The van der Waals surface area contributed by atoms with Crippen molar-refractivity contribution in [2.24, 2.45) is 29.4 Å². The number of likely N-dealkylation sites (tertiary alicyclic amines) is 1. The van der Waals surface area contributed by atoms with Gasteiger partial charge < -0.3 is 10.6 Å². The smallest absolute Gasteiger partial charge is 0.320 e. The maximum absolute atomic E-state index is 14.3. The fourth-order valence-electron chi connectivity index (χ4n) is 8.50. The maximum Gasteiger partial charge on any atom is 0.320 e. The lowest BCUT2D eigenvalue weighted by Gasteiger charge is -2.55. The van der Waals surface area contributed by atoms with E-state index in [1.165, 1.54) is 11.3 Å². The van der Waals surface area contributed by atoms with Crippen molar-refractivity contribution in [2.45, 2.75) is 76.4 Å². The van der Waals surface area contributed by atoms with Crippen LogP contribution in [-0.4, -0.2) is 51.6 Å². The van der Waals surface area contributed by atoms with E-state index in [1.807, 2.05) is 55.5 Å². The molecule has 7 rings (SSSR count). The summed E-state index contributed by atoms with van der Waals surface area (Å²) in [6.45, 7) is 1.68. The molecule has 1 aliphatic heterocycles. The van der Waals surface area contributed by atoms with Crippen molar-refractivity contribution in [3.63, 3.8) is 0 Å². The highest BCUT2D eigenvalue weighted by atomic mass is 16.5. The predicted molar refractivity (Wildman–Crippen MR) is 151 cm³/mol. The second-order valence-electron chi connectivity index (χ2n) is 12.5. The van der Waals surface area contributed by atoms with Crippen molar-refractivity contribution in [1.82, 2.24) is 9.96 Å². The van der Waals surface area contributed by atoms with Crippen LogP contribution in [0, 0.1) is 30.6 Å². The Kier molecular flexibility index (Phi) is 7.29. The summed E-state index contributed by atoms with van der Waals surface area (Å²) in [4.78, 5) is 43.8. The third kappa shape index (κ3) is 4.98. The van der Waals surface area contributed by atoms with Crippen molar-refractivity contribution in [3.8, 4) is 0 Å². The lowest BCUT2D eigenvalue weighted by molar-refractivity contribution is -0.207. The van der Waals surface area contributed by atoms with Gasteiger partial charge in [0.2, 0.25) is 5.91 Å². The van der Waals surface area contributed by atoms with Crippen LogP contribution >= 0.6 is 0 Å². The summed E-state index contributed by atoms with van der Waals surface area (Å²) in [6, 6.07) is 15.0. The first-order chi connectivity index (χ1) is 19.3. The average Bonchev–Trinajstić information content (AvgIpc) is 3.07. The Balaban J connectivity index is 1.30. The van der Waals surface area contributed by atoms with E-state index in [9.17, 15) is 19.6 Å². The molecule has 2 unspecified atom stereocenters. The number of urea groups is 1. The fraction of sp³-hybridized carbons (Fsp3) is 0.531. The molecule has 3 N–H and O–H groups in total. The second-order valence-corrected chi connectivity index (χ2v) is 12.5. The summed E-state index contributed by atoms with van der Waals surface area (Å²) in [5, 5.41) is 12.3. The van der Waals surface area contributed by atoms with Gasteiger partial charge in [-0.15, -0.1) is 0 Å². The second kappa shape index (κ2) is 10.9. The van der Waals surface area contributed by atoms with Crippen molar-refractivity contribution < 1.29 is 19.6 Å². The van der Waals surface area contributed by atoms with Gasteiger partial charge in [-0.05, 0) is 105 Å². The summed E-state index contributed by atoms with van der Waals surface area (Å²) in [6.07, 6.45) is 7.33. The molecule has 40 heavy (non-hydrogen) atoms. The standard InChI is InChI=1S/C32H40N4O4/c1-20-7-5-10-26(13-20)35(32(33)39)28-12-6-11-27(23-8-3-2-4-9-23)34(31(28)38)19-29(37)36(40)30-24-15-21-14-22(17-24)18-25(30)16-21/h2-5,7-10,13,21-22,24-25,27-28,30,40H,6,11-12,14-19H2,1H3,(H2,33,39). The first kappa shape index (κ1) is 26.8. The molecule has 8 heteroatoms. The highest BCUT2D eigenvalue weighted by molar-refractivity contribution is 6.00. The minimum atomic E-state index is -0.839. The van der Waals surface area contributed by atoms with Crippen molar-refractivity contribution >= 4 is 23.5 Å². The van der Waals surface area contributed by atoms with Crippen LogP contribution in [0.15, 0.2) is 54.6 Å². The van der Waals surface area contributed by atoms with Crippen LogP contribution in [0.5, 0.6) is 0 Å². The Hall–Kier alpha value is -3.39. The zero-order valence-corrected chi connectivity index (χ0v) is 23.2. The molecule has 5 aliphatic rings. The molecule has 1 heterocycles. The number of aryl methyl sites for hydroxylation is 1. The van der Waals surface area contributed by atoms with Gasteiger partial charge in [-0.25, -0.2) is 9.86 Å². The van der Waals surface area contributed by atoms with Crippen molar-refractivity contribution in [2.75, 3.05) is 11.4 Å². The lowest BCUT2D eigenvalue weighted by Crippen LogP contribution is -2.59. The van der Waals surface area contributed by atoms with Gasteiger partial charge in [0, 0.05) is 5.69 Å². The molecule has 4 bridgehead atoms. The van der Waals surface area contributed by atoms with Crippen LogP contribution in [0.4, 0.5) is 10.5 Å². The number of carbonyl (C=O) groups excluding carboxylic acids is 3. The Bertz CT molecular complexity index is 1240.